The zero-order valence-electron chi connectivity index (χ0n) is 11.0. The summed E-state index contributed by atoms with van der Waals surface area (Å²) in [7, 11) is 1.63. The van der Waals surface area contributed by atoms with Gasteiger partial charge in [-0.3, -0.25) is 4.79 Å². The highest BCUT2D eigenvalue weighted by Gasteiger charge is 2.67. The molecular weight excluding hydrogens is 285 g/mol. The van der Waals surface area contributed by atoms with Gasteiger partial charge in [-0.1, -0.05) is 12.1 Å². The van der Waals surface area contributed by atoms with Crippen molar-refractivity contribution in [1.29, 1.82) is 0 Å². The van der Waals surface area contributed by atoms with Crippen LogP contribution in [-0.2, 0) is 11.2 Å². The molecule has 1 aromatic rings. The van der Waals surface area contributed by atoms with Crippen LogP contribution in [0.3, 0.4) is 0 Å². The molecule has 0 aliphatic heterocycles. The minimum absolute atomic E-state index is 0.0830. The molecule has 1 unspecified atom stereocenters. The Labute approximate surface area is 123 Å². The molecule has 19 heavy (non-hydrogen) atoms. The number of methoxy groups -OCH3 is 1. The Morgan fingerprint density at radius 1 is 1.47 bits per heavy atom. The summed E-state index contributed by atoms with van der Waals surface area (Å²) < 4.78 is 4.24. The molecule has 0 saturated heterocycles. The Hall–Kier alpha value is -0.930. The molecule has 1 aliphatic carbocycles. The second-order valence-corrected chi connectivity index (χ2v) is 6.55. The van der Waals surface area contributed by atoms with Gasteiger partial charge in [0.25, 0.3) is 0 Å². The molecule has 2 rings (SSSR count). The van der Waals surface area contributed by atoms with Gasteiger partial charge in [0, 0.05) is 6.54 Å². The van der Waals surface area contributed by atoms with Crippen molar-refractivity contribution in [2.45, 2.75) is 24.1 Å². The molecule has 104 valence electrons. The number of hydrogen-bond acceptors (Lipinski definition) is 2. The van der Waals surface area contributed by atoms with Gasteiger partial charge >= 0.3 is 0 Å². The number of carbonyl (C=O) groups is 1. The molecule has 1 amide bonds. The molecular formula is C14H17Cl2NO2. The smallest absolute Gasteiger partial charge is 0.229 e. The zero-order chi connectivity index (χ0) is 14.1. The van der Waals surface area contributed by atoms with Gasteiger partial charge in [0.05, 0.1) is 12.5 Å². The lowest BCUT2D eigenvalue weighted by Crippen LogP contribution is -2.34. The number of carbonyl (C=O) groups excluding carboxylic acids is 1. The predicted molar refractivity (Wildman–Crippen MR) is 76.9 cm³/mol. The molecule has 0 bridgehead atoms. The third-order valence-electron chi connectivity index (χ3n) is 3.59. The van der Waals surface area contributed by atoms with Crippen LogP contribution in [-0.4, -0.2) is 23.9 Å². The fourth-order valence-electron chi connectivity index (χ4n) is 1.99. The van der Waals surface area contributed by atoms with Crippen molar-refractivity contribution in [2.24, 2.45) is 5.41 Å². The lowest BCUT2D eigenvalue weighted by atomic mass is 10.1. The molecule has 0 aromatic heterocycles. The van der Waals surface area contributed by atoms with Crippen molar-refractivity contribution in [1.82, 2.24) is 5.32 Å². The molecule has 0 heterocycles. The van der Waals surface area contributed by atoms with E-state index in [4.69, 9.17) is 27.9 Å². The molecule has 1 aromatic carbocycles. The molecule has 3 nitrogen and oxygen atoms in total. The number of hydrogen-bond donors (Lipinski definition) is 1. The number of alkyl halides is 2. The number of nitrogens with one attached hydrogen (secondary N) is 1. The van der Waals surface area contributed by atoms with E-state index >= 15 is 0 Å². The third-order valence-corrected chi connectivity index (χ3v) is 4.69. The summed E-state index contributed by atoms with van der Waals surface area (Å²) in [4.78, 5) is 12.0. The van der Waals surface area contributed by atoms with Crippen molar-refractivity contribution in [3.8, 4) is 5.75 Å². The maximum absolute atomic E-state index is 12.0. The SMILES string of the molecule is COc1cccc(CCNC(=O)C2(C)CC2(Cl)Cl)c1. The zero-order valence-corrected chi connectivity index (χ0v) is 12.5. The Kier molecular flexibility index (Phi) is 3.98. The Bertz CT molecular complexity index is 490. The summed E-state index contributed by atoms with van der Waals surface area (Å²) in [5, 5.41) is 2.88. The largest absolute Gasteiger partial charge is 0.497 e. The Morgan fingerprint density at radius 3 is 2.74 bits per heavy atom. The summed E-state index contributed by atoms with van der Waals surface area (Å²) in [6.07, 6.45) is 1.25. The maximum Gasteiger partial charge on any atom is 0.229 e. The van der Waals surface area contributed by atoms with E-state index in [2.05, 4.69) is 5.32 Å². The van der Waals surface area contributed by atoms with E-state index in [0.29, 0.717) is 13.0 Å². The normalized spacial score (nSPS) is 23.8. The molecule has 1 saturated carbocycles. The maximum atomic E-state index is 12.0. The van der Waals surface area contributed by atoms with Crippen molar-refractivity contribution in [3.63, 3.8) is 0 Å². The molecule has 0 radical (unpaired) electrons. The van der Waals surface area contributed by atoms with Crippen LogP contribution in [0.15, 0.2) is 24.3 Å². The van der Waals surface area contributed by atoms with E-state index in [0.717, 1.165) is 17.7 Å². The van der Waals surface area contributed by atoms with E-state index in [1.165, 1.54) is 0 Å². The minimum atomic E-state index is -0.910. The van der Waals surface area contributed by atoms with Gasteiger partial charge in [0.1, 0.15) is 10.1 Å². The molecule has 1 fully saturated rings. The minimum Gasteiger partial charge on any atom is -0.497 e. The first kappa shape index (κ1) is 14.5. The van der Waals surface area contributed by atoms with Crippen molar-refractivity contribution >= 4 is 29.1 Å². The first-order valence-electron chi connectivity index (χ1n) is 6.18. The van der Waals surface area contributed by atoms with Gasteiger partial charge < -0.3 is 10.1 Å². The van der Waals surface area contributed by atoms with Gasteiger partial charge in [0.15, 0.2) is 0 Å². The van der Waals surface area contributed by atoms with Crippen LogP contribution in [0.4, 0.5) is 0 Å². The predicted octanol–water partition coefficient (Wildman–Crippen LogP) is 2.94. The first-order chi connectivity index (χ1) is 8.89. The van der Waals surface area contributed by atoms with E-state index in [1.807, 2.05) is 24.3 Å². The van der Waals surface area contributed by atoms with E-state index in [9.17, 15) is 4.79 Å². The van der Waals surface area contributed by atoms with E-state index < -0.39 is 9.75 Å². The number of ether oxygens (including phenoxy) is 1. The standard InChI is InChI=1S/C14H17Cl2NO2/c1-13(9-14(13,15)16)12(18)17-7-6-10-4-3-5-11(8-10)19-2/h3-5,8H,6-7,9H2,1-2H3,(H,17,18). The lowest BCUT2D eigenvalue weighted by molar-refractivity contribution is -0.125. The van der Waals surface area contributed by atoms with Crippen LogP contribution < -0.4 is 10.1 Å². The van der Waals surface area contributed by atoms with Crippen LogP contribution in [0, 0.1) is 5.41 Å². The number of benzene rings is 1. The topological polar surface area (TPSA) is 38.3 Å². The van der Waals surface area contributed by atoms with Crippen molar-refractivity contribution in [2.75, 3.05) is 13.7 Å². The summed E-state index contributed by atoms with van der Waals surface area (Å²) in [5.41, 5.74) is 0.466. The van der Waals surface area contributed by atoms with Crippen LogP contribution >= 0.6 is 23.2 Å². The van der Waals surface area contributed by atoms with Crippen LogP contribution in [0.5, 0.6) is 5.75 Å². The monoisotopic (exact) mass is 301 g/mol. The number of halogens is 2. The fourth-order valence-corrected chi connectivity index (χ4v) is 2.70. The molecule has 0 spiro atoms. The summed E-state index contributed by atoms with van der Waals surface area (Å²) >= 11 is 11.9. The highest BCUT2D eigenvalue weighted by atomic mass is 35.5. The average Bonchev–Trinajstić information content (AvgIpc) is 2.90. The fraction of sp³-hybridized carbons (Fsp3) is 0.500. The number of rotatable bonds is 5. The molecule has 5 heteroatoms. The first-order valence-corrected chi connectivity index (χ1v) is 6.94. The van der Waals surface area contributed by atoms with Crippen LogP contribution in [0.2, 0.25) is 0 Å². The summed E-state index contributed by atoms with van der Waals surface area (Å²) in [6.45, 7) is 2.35. The van der Waals surface area contributed by atoms with Gasteiger partial charge in [-0.25, -0.2) is 0 Å². The summed E-state index contributed by atoms with van der Waals surface area (Å²) in [6, 6.07) is 7.78. The van der Waals surface area contributed by atoms with Gasteiger partial charge in [-0.15, -0.1) is 23.2 Å². The van der Waals surface area contributed by atoms with E-state index in [1.54, 1.807) is 14.0 Å². The van der Waals surface area contributed by atoms with Crippen LogP contribution in [0.1, 0.15) is 18.9 Å². The quantitative estimate of drug-likeness (QED) is 0.849. The highest BCUT2D eigenvalue weighted by molar-refractivity contribution is 6.53. The number of amides is 1. The molecule has 1 N–H and O–H groups in total. The second kappa shape index (κ2) is 5.22. The second-order valence-electron chi connectivity index (χ2n) is 5.07. The lowest BCUT2D eigenvalue weighted by Gasteiger charge is -2.12. The van der Waals surface area contributed by atoms with Gasteiger partial charge in [0.2, 0.25) is 5.91 Å². The van der Waals surface area contributed by atoms with Gasteiger partial charge in [-0.05, 0) is 37.5 Å². The highest BCUT2D eigenvalue weighted by Crippen LogP contribution is 2.63. The van der Waals surface area contributed by atoms with E-state index in [-0.39, 0.29) is 5.91 Å². The van der Waals surface area contributed by atoms with Gasteiger partial charge in [-0.2, -0.15) is 0 Å². The van der Waals surface area contributed by atoms with Crippen LogP contribution in [0.25, 0.3) is 0 Å². The summed E-state index contributed by atoms with van der Waals surface area (Å²) in [5.74, 6) is 0.735. The Morgan fingerprint density at radius 2 is 2.16 bits per heavy atom. The molecule has 1 atom stereocenters. The average molecular weight is 302 g/mol. The Balaban J connectivity index is 1.82. The molecule has 1 aliphatic rings. The van der Waals surface area contributed by atoms with Crippen molar-refractivity contribution < 1.29 is 9.53 Å². The van der Waals surface area contributed by atoms with Crippen molar-refractivity contribution in [3.05, 3.63) is 29.8 Å². The third kappa shape index (κ3) is 2.98.